The molecule has 0 bridgehead atoms. The highest BCUT2D eigenvalue weighted by Gasteiger charge is 2.26. The number of rotatable bonds is 2. The van der Waals surface area contributed by atoms with Crippen molar-refractivity contribution >= 4 is 11.6 Å². The van der Waals surface area contributed by atoms with Crippen LogP contribution in [0.15, 0.2) is 24.3 Å². The van der Waals surface area contributed by atoms with E-state index in [2.05, 4.69) is 5.32 Å². The minimum absolute atomic E-state index is 0.0555. The quantitative estimate of drug-likeness (QED) is 0.774. The lowest BCUT2D eigenvalue weighted by molar-refractivity contribution is -0.133. The second-order valence-electron chi connectivity index (χ2n) is 3.23. The van der Waals surface area contributed by atoms with E-state index in [0.29, 0.717) is 18.9 Å². The van der Waals surface area contributed by atoms with Crippen LogP contribution in [-0.2, 0) is 9.53 Å². The Hall–Kier alpha value is -1.42. The van der Waals surface area contributed by atoms with Gasteiger partial charge in [-0.05, 0) is 24.3 Å². The number of ether oxygens (including phenoxy) is 1. The molecule has 3 nitrogen and oxygen atoms in total. The number of halogens is 1. The Labute approximate surface area is 80.9 Å². The summed E-state index contributed by atoms with van der Waals surface area (Å²) in [6.45, 7) is 0.958. The Morgan fingerprint density at radius 1 is 1.36 bits per heavy atom. The number of hydrogen-bond acceptors (Lipinski definition) is 2. The number of carbonyl (C=O) groups excluding carboxylic acids is 1. The molecule has 14 heavy (non-hydrogen) atoms. The molecule has 0 spiro atoms. The zero-order valence-corrected chi connectivity index (χ0v) is 7.50. The normalized spacial score (nSPS) is 16.1. The molecule has 0 aromatic heterocycles. The first-order valence-corrected chi connectivity index (χ1v) is 4.40. The lowest BCUT2D eigenvalue weighted by atomic mass is 10.1. The topological polar surface area (TPSA) is 38.3 Å². The third kappa shape index (κ3) is 1.90. The van der Waals surface area contributed by atoms with Gasteiger partial charge in [-0.2, -0.15) is 0 Å². The van der Waals surface area contributed by atoms with Crippen LogP contribution in [0.5, 0.6) is 0 Å². The molecule has 1 aromatic carbocycles. The van der Waals surface area contributed by atoms with E-state index >= 15 is 0 Å². The van der Waals surface area contributed by atoms with Gasteiger partial charge >= 0.3 is 0 Å². The van der Waals surface area contributed by atoms with E-state index in [1.54, 1.807) is 0 Å². The van der Waals surface area contributed by atoms with E-state index in [4.69, 9.17) is 4.74 Å². The first kappa shape index (κ1) is 9.15. The van der Waals surface area contributed by atoms with Crippen molar-refractivity contribution in [2.45, 2.75) is 0 Å². The molecule has 1 fully saturated rings. The highest BCUT2D eigenvalue weighted by Crippen LogP contribution is 2.14. The van der Waals surface area contributed by atoms with Gasteiger partial charge < -0.3 is 10.1 Å². The van der Waals surface area contributed by atoms with Crippen LogP contribution in [0.3, 0.4) is 0 Å². The number of anilines is 1. The molecule has 0 atom stereocenters. The third-order valence-electron chi connectivity index (χ3n) is 2.12. The predicted molar refractivity (Wildman–Crippen MR) is 49.3 cm³/mol. The first-order chi connectivity index (χ1) is 6.75. The van der Waals surface area contributed by atoms with Crippen LogP contribution < -0.4 is 5.32 Å². The van der Waals surface area contributed by atoms with Gasteiger partial charge in [0, 0.05) is 5.69 Å². The van der Waals surface area contributed by atoms with Gasteiger partial charge in [-0.1, -0.05) is 0 Å². The Balaban J connectivity index is 1.96. The average molecular weight is 195 g/mol. The fourth-order valence-electron chi connectivity index (χ4n) is 1.16. The minimum Gasteiger partial charge on any atom is -0.380 e. The summed E-state index contributed by atoms with van der Waals surface area (Å²) in [5.41, 5.74) is 0.614. The third-order valence-corrected chi connectivity index (χ3v) is 2.12. The molecule has 0 radical (unpaired) electrons. The van der Waals surface area contributed by atoms with Crippen LogP contribution >= 0.6 is 0 Å². The lowest BCUT2D eigenvalue weighted by Gasteiger charge is -2.24. The van der Waals surface area contributed by atoms with Crippen molar-refractivity contribution in [3.8, 4) is 0 Å². The summed E-state index contributed by atoms with van der Waals surface area (Å²) in [5, 5.41) is 2.69. The summed E-state index contributed by atoms with van der Waals surface area (Å²) in [4.78, 5) is 11.4. The molecule has 2 rings (SSSR count). The van der Waals surface area contributed by atoms with E-state index in [-0.39, 0.29) is 17.6 Å². The fourth-order valence-corrected chi connectivity index (χ4v) is 1.16. The van der Waals surface area contributed by atoms with E-state index in [1.165, 1.54) is 24.3 Å². The maximum absolute atomic E-state index is 12.5. The summed E-state index contributed by atoms with van der Waals surface area (Å²) < 4.78 is 17.4. The average Bonchev–Trinajstić information content (AvgIpc) is 2.06. The summed E-state index contributed by atoms with van der Waals surface area (Å²) >= 11 is 0. The minimum atomic E-state index is -0.310. The molecular formula is C10H10FNO2. The van der Waals surface area contributed by atoms with Gasteiger partial charge in [0.2, 0.25) is 5.91 Å². The predicted octanol–water partition coefficient (Wildman–Crippen LogP) is 1.41. The van der Waals surface area contributed by atoms with Crippen molar-refractivity contribution in [3.05, 3.63) is 30.1 Å². The van der Waals surface area contributed by atoms with Crippen molar-refractivity contribution in [2.75, 3.05) is 18.5 Å². The van der Waals surface area contributed by atoms with E-state index in [9.17, 15) is 9.18 Å². The Morgan fingerprint density at radius 2 is 2.00 bits per heavy atom. The van der Waals surface area contributed by atoms with Gasteiger partial charge in [0.05, 0.1) is 19.1 Å². The fraction of sp³-hybridized carbons (Fsp3) is 0.300. The van der Waals surface area contributed by atoms with Gasteiger partial charge in [0.15, 0.2) is 0 Å². The molecular weight excluding hydrogens is 185 g/mol. The first-order valence-electron chi connectivity index (χ1n) is 4.40. The van der Waals surface area contributed by atoms with E-state index in [1.807, 2.05) is 0 Å². The summed E-state index contributed by atoms with van der Waals surface area (Å²) in [6.07, 6.45) is 0. The summed E-state index contributed by atoms with van der Waals surface area (Å²) in [5.74, 6) is -0.433. The highest BCUT2D eigenvalue weighted by molar-refractivity contribution is 5.93. The standard InChI is InChI=1S/C10H10FNO2/c11-8-1-3-9(4-2-8)12-10(13)7-5-14-6-7/h1-4,7H,5-6H2,(H,12,13). The largest absolute Gasteiger partial charge is 0.380 e. The van der Waals surface area contributed by atoms with Crippen LogP contribution in [0.4, 0.5) is 10.1 Å². The van der Waals surface area contributed by atoms with E-state index < -0.39 is 0 Å². The van der Waals surface area contributed by atoms with Crippen molar-refractivity contribution in [3.63, 3.8) is 0 Å². The molecule has 1 aliphatic heterocycles. The Bertz CT molecular complexity index is 332. The van der Waals surface area contributed by atoms with Gasteiger partial charge in [-0.3, -0.25) is 4.79 Å². The molecule has 0 unspecified atom stereocenters. The number of amides is 1. The Morgan fingerprint density at radius 3 is 2.50 bits per heavy atom. The van der Waals surface area contributed by atoms with Crippen LogP contribution in [0, 0.1) is 11.7 Å². The van der Waals surface area contributed by atoms with Gasteiger partial charge in [-0.15, -0.1) is 0 Å². The van der Waals surface area contributed by atoms with Crippen LogP contribution in [-0.4, -0.2) is 19.1 Å². The molecule has 1 amide bonds. The monoisotopic (exact) mass is 195 g/mol. The number of benzene rings is 1. The van der Waals surface area contributed by atoms with Gasteiger partial charge in [-0.25, -0.2) is 4.39 Å². The van der Waals surface area contributed by atoms with Gasteiger partial charge in [0.25, 0.3) is 0 Å². The Kier molecular flexibility index (Phi) is 2.45. The molecule has 4 heteroatoms. The van der Waals surface area contributed by atoms with E-state index in [0.717, 1.165) is 0 Å². The number of carbonyl (C=O) groups is 1. The molecule has 1 N–H and O–H groups in total. The second kappa shape index (κ2) is 3.75. The van der Waals surface area contributed by atoms with Crippen molar-refractivity contribution < 1.29 is 13.9 Å². The highest BCUT2D eigenvalue weighted by atomic mass is 19.1. The zero-order valence-electron chi connectivity index (χ0n) is 7.50. The smallest absolute Gasteiger partial charge is 0.232 e. The van der Waals surface area contributed by atoms with Crippen molar-refractivity contribution in [2.24, 2.45) is 5.92 Å². The molecule has 0 aliphatic carbocycles. The SMILES string of the molecule is O=C(Nc1ccc(F)cc1)C1COC1. The molecule has 1 saturated heterocycles. The zero-order chi connectivity index (χ0) is 9.97. The van der Waals surface area contributed by atoms with Crippen LogP contribution in [0.25, 0.3) is 0 Å². The van der Waals surface area contributed by atoms with Crippen LogP contribution in [0.1, 0.15) is 0 Å². The second-order valence-corrected chi connectivity index (χ2v) is 3.23. The van der Waals surface area contributed by atoms with Crippen LogP contribution in [0.2, 0.25) is 0 Å². The summed E-state index contributed by atoms with van der Waals surface area (Å²) in [7, 11) is 0. The molecule has 1 aliphatic rings. The van der Waals surface area contributed by atoms with Crippen molar-refractivity contribution in [1.82, 2.24) is 0 Å². The maximum Gasteiger partial charge on any atom is 0.232 e. The van der Waals surface area contributed by atoms with Crippen molar-refractivity contribution in [1.29, 1.82) is 0 Å². The van der Waals surface area contributed by atoms with Gasteiger partial charge in [0.1, 0.15) is 5.82 Å². The maximum atomic E-state index is 12.5. The molecule has 0 saturated carbocycles. The summed E-state index contributed by atoms with van der Waals surface area (Å²) in [6, 6.07) is 5.69. The molecule has 1 heterocycles. The number of hydrogen-bond donors (Lipinski definition) is 1. The lowest BCUT2D eigenvalue weighted by Crippen LogP contribution is -2.38. The molecule has 1 aromatic rings. The number of nitrogens with one attached hydrogen (secondary N) is 1. The molecule has 74 valence electrons.